The van der Waals surface area contributed by atoms with Gasteiger partial charge in [-0.2, -0.15) is 0 Å². The highest BCUT2D eigenvalue weighted by molar-refractivity contribution is 6.31. The van der Waals surface area contributed by atoms with Crippen LogP contribution in [-0.2, 0) is 16.2 Å². The number of carbonyl (C=O) groups is 1. The van der Waals surface area contributed by atoms with E-state index in [0.29, 0.717) is 23.0 Å². The lowest BCUT2D eigenvalue weighted by Crippen LogP contribution is -2.22. The van der Waals surface area contributed by atoms with Gasteiger partial charge in [0.1, 0.15) is 18.1 Å². The maximum absolute atomic E-state index is 11.2. The number of rotatable bonds is 6. The van der Waals surface area contributed by atoms with Crippen molar-refractivity contribution in [2.24, 2.45) is 22.0 Å². The van der Waals surface area contributed by atoms with Crippen LogP contribution in [0.3, 0.4) is 0 Å². The number of oxime groups is 1. The van der Waals surface area contributed by atoms with Gasteiger partial charge >= 0.3 is 5.97 Å². The van der Waals surface area contributed by atoms with Crippen molar-refractivity contribution >= 4 is 17.9 Å². The Bertz CT molecular complexity index is 722. The Labute approximate surface area is 148 Å². The van der Waals surface area contributed by atoms with Crippen LogP contribution < -0.4 is 9.47 Å². The van der Waals surface area contributed by atoms with Crippen molar-refractivity contribution in [1.29, 1.82) is 0 Å². The molecule has 0 saturated heterocycles. The van der Waals surface area contributed by atoms with Crippen LogP contribution in [0.15, 0.2) is 40.1 Å². The van der Waals surface area contributed by atoms with E-state index in [4.69, 9.17) is 14.3 Å². The van der Waals surface area contributed by atoms with E-state index in [1.165, 1.54) is 6.92 Å². The summed E-state index contributed by atoms with van der Waals surface area (Å²) in [7, 11) is 1.55. The number of carbonyl (C=O) groups excluding carboxylic acids is 1. The Morgan fingerprint density at radius 2 is 2.04 bits per heavy atom. The van der Waals surface area contributed by atoms with Crippen LogP contribution in [0, 0.1) is 11.8 Å². The summed E-state index contributed by atoms with van der Waals surface area (Å²) >= 11 is 0. The molecule has 6 heteroatoms. The molecule has 2 rings (SSSR count). The molecule has 0 amide bonds. The monoisotopic (exact) mass is 344 g/mol. The van der Waals surface area contributed by atoms with E-state index in [2.05, 4.69) is 30.1 Å². The van der Waals surface area contributed by atoms with Crippen LogP contribution >= 0.6 is 0 Å². The second kappa shape index (κ2) is 8.46. The molecule has 134 valence electrons. The van der Waals surface area contributed by atoms with E-state index in [-0.39, 0.29) is 12.5 Å². The summed E-state index contributed by atoms with van der Waals surface area (Å²) in [4.78, 5) is 21.2. The number of aliphatic imine (C=N–C) groups is 1. The van der Waals surface area contributed by atoms with Crippen LogP contribution in [0.2, 0.25) is 0 Å². The Kier molecular flexibility index (Phi) is 6.33. The van der Waals surface area contributed by atoms with Crippen molar-refractivity contribution in [3.8, 4) is 11.5 Å². The zero-order chi connectivity index (χ0) is 18.4. The second-order valence-corrected chi connectivity index (χ2v) is 6.03. The molecule has 2 atom stereocenters. The molecule has 1 aliphatic heterocycles. The maximum atomic E-state index is 11.2. The molecule has 1 aromatic carbocycles. The van der Waals surface area contributed by atoms with Gasteiger partial charge < -0.3 is 14.3 Å². The SMILES string of the molecule is COc1cccc(OC(C)=O)c1CO/N=C/C1=NC(C)=CC(C)C1C. The van der Waals surface area contributed by atoms with Gasteiger partial charge in [-0.15, -0.1) is 0 Å². The topological polar surface area (TPSA) is 69.5 Å². The summed E-state index contributed by atoms with van der Waals surface area (Å²) in [5, 5.41) is 4.03. The molecular weight excluding hydrogens is 320 g/mol. The minimum absolute atomic E-state index is 0.120. The lowest BCUT2D eigenvalue weighted by atomic mass is 9.89. The highest BCUT2D eigenvalue weighted by Crippen LogP contribution is 2.29. The lowest BCUT2D eigenvalue weighted by Gasteiger charge is -2.21. The van der Waals surface area contributed by atoms with Crippen LogP contribution in [0.4, 0.5) is 0 Å². The van der Waals surface area contributed by atoms with E-state index < -0.39 is 5.97 Å². The fraction of sp³-hybridized carbons (Fsp3) is 0.421. The molecule has 0 N–H and O–H groups in total. The fourth-order valence-corrected chi connectivity index (χ4v) is 2.61. The summed E-state index contributed by atoms with van der Waals surface area (Å²) in [6, 6.07) is 5.22. The standard InChI is InChI=1S/C19H24N2O4/c1-12-9-13(2)21-17(14(12)3)10-20-24-11-16-18(23-5)7-6-8-19(16)25-15(4)22/h6-10,12,14H,11H2,1-5H3/b20-10+. The van der Waals surface area contributed by atoms with Gasteiger partial charge in [0.2, 0.25) is 0 Å². The number of hydrogen-bond donors (Lipinski definition) is 0. The molecule has 0 bridgehead atoms. The van der Waals surface area contributed by atoms with Gasteiger partial charge in [-0.05, 0) is 25.0 Å². The fourth-order valence-electron chi connectivity index (χ4n) is 2.61. The Morgan fingerprint density at radius 3 is 2.72 bits per heavy atom. The van der Waals surface area contributed by atoms with Crippen molar-refractivity contribution in [2.75, 3.05) is 7.11 Å². The van der Waals surface area contributed by atoms with Crippen LogP contribution in [-0.4, -0.2) is 25.0 Å². The van der Waals surface area contributed by atoms with Crippen molar-refractivity contribution in [1.82, 2.24) is 0 Å². The van der Waals surface area contributed by atoms with Crippen molar-refractivity contribution in [3.63, 3.8) is 0 Å². The molecule has 1 aliphatic rings. The first-order valence-electron chi connectivity index (χ1n) is 8.19. The van der Waals surface area contributed by atoms with E-state index in [0.717, 1.165) is 11.4 Å². The average molecular weight is 344 g/mol. The van der Waals surface area contributed by atoms with Crippen molar-refractivity contribution < 1.29 is 19.1 Å². The lowest BCUT2D eigenvalue weighted by molar-refractivity contribution is -0.132. The number of benzene rings is 1. The Balaban J connectivity index is 2.09. The second-order valence-electron chi connectivity index (χ2n) is 6.03. The number of ether oxygens (including phenoxy) is 2. The zero-order valence-electron chi connectivity index (χ0n) is 15.3. The maximum Gasteiger partial charge on any atom is 0.308 e. The Hall–Kier alpha value is -2.63. The predicted octanol–water partition coefficient (Wildman–Crippen LogP) is 3.75. The van der Waals surface area contributed by atoms with Crippen LogP contribution in [0.1, 0.15) is 33.3 Å². The molecule has 0 spiro atoms. The molecule has 0 saturated carbocycles. The normalized spacial score (nSPS) is 20.0. The van der Waals surface area contributed by atoms with E-state index >= 15 is 0 Å². The summed E-state index contributed by atoms with van der Waals surface area (Å²) in [5.41, 5.74) is 2.49. The average Bonchev–Trinajstić information content (AvgIpc) is 2.56. The highest BCUT2D eigenvalue weighted by atomic mass is 16.6. The molecule has 0 aromatic heterocycles. The van der Waals surface area contributed by atoms with Gasteiger partial charge in [-0.1, -0.05) is 31.1 Å². The first kappa shape index (κ1) is 18.7. The van der Waals surface area contributed by atoms with Crippen molar-refractivity contribution in [3.05, 3.63) is 35.5 Å². The number of methoxy groups -OCH3 is 1. The molecule has 6 nitrogen and oxygen atoms in total. The quantitative estimate of drug-likeness (QED) is 0.341. The van der Waals surface area contributed by atoms with Gasteiger partial charge in [-0.25, -0.2) is 0 Å². The third-order valence-corrected chi connectivity index (χ3v) is 4.10. The van der Waals surface area contributed by atoms with Gasteiger partial charge in [0.15, 0.2) is 0 Å². The summed E-state index contributed by atoms with van der Waals surface area (Å²) < 4.78 is 10.5. The summed E-state index contributed by atoms with van der Waals surface area (Å²) in [6.07, 6.45) is 3.78. The molecular formula is C19H24N2O4. The molecule has 0 radical (unpaired) electrons. The zero-order valence-corrected chi connectivity index (χ0v) is 15.3. The molecule has 0 fully saturated rings. The third-order valence-electron chi connectivity index (χ3n) is 4.10. The van der Waals surface area contributed by atoms with Gasteiger partial charge in [-0.3, -0.25) is 9.79 Å². The molecule has 2 unspecified atom stereocenters. The molecule has 25 heavy (non-hydrogen) atoms. The predicted molar refractivity (Wildman–Crippen MR) is 97.1 cm³/mol. The van der Waals surface area contributed by atoms with E-state index in [9.17, 15) is 4.79 Å². The first-order chi connectivity index (χ1) is 11.9. The van der Waals surface area contributed by atoms with Gasteiger partial charge in [0.05, 0.1) is 24.6 Å². The number of esters is 1. The minimum Gasteiger partial charge on any atom is -0.496 e. The van der Waals surface area contributed by atoms with Crippen LogP contribution in [0.25, 0.3) is 0 Å². The highest BCUT2D eigenvalue weighted by Gasteiger charge is 2.19. The van der Waals surface area contributed by atoms with E-state index in [1.807, 2.05) is 6.92 Å². The largest absolute Gasteiger partial charge is 0.496 e. The van der Waals surface area contributed by atoms with Gasteiger partial charge in [0.25, 0.3) is 0 Å². The number of hydrogen-bond acceptors (Lipinski definition) is 6. The smallest absolute Gasteiger partial charge is 0.308 e. The van der Waals surface area contributed by atoms with Crippen LogP contribution in [0.5, 0.6) is 11.5 Å². The Morgan fingerprint density at radius 1 is 1.32 bits per heavy atom. The molecule has 0 aliphatic carbocycles. The summed E-state index contributed by atoms with van der Waals surface area (Å²) in [6.45, 7) is 7.70. The number of nitrogens with zero attached hydrogens (tertiary/aromatic N) is 2. The van der Waals surface area contributed by atoms with Crippen molar-refractivity contribution in [2.45, 2.75) is 34.3 Å². The van der Waals surface area contributed by atoms with Gasteiger partial charge in [0, 0.05) is 18.5 Å². The third kappa shape index (κ3) is 4.92. The summed E-state index contributed by atoms with van der Waals surface area (Å²) in [5.74, 6) is 1.25. The first-order valence-corrected chi connectivity index (χ1v) is 8.19. The van der Waals surface area contributed by atoms with E-state index in [1.54, 1.807) is 31.5 Å². The minimum atomic E-state index is -0.403. The molecule has 1 heterocycles. The molecule has 1 aromatic rings. The number of allylic oxidation sites excluding steroid dienone is 2.